The number of carboxylic acids is 1. The summed E-state index contributed by atoms with van der Waals surface area (Å²) < 4.78 is 0. The summed E-state index contributed by atoms with van der Waals surface area (Å²) in [7, 11) is 0. The van der Waals surface area contributed by atoms with E-state index in [-0.39, 0.29) is 6.42 Å². The van der Waals surface area contributed by atoms with Gasteiger partial charge in [0.05, 0.1) is 5.00 Å². The highest BCUT2D eigenvalue weighted by Gasteiger charge is 2.13. The number of rotatable bonds is 5. The highest BCUT2D eigenvalue weighted by Crippen LogP contribution is 2.23. The molecule has 0 unspecified atom stereocenters. The smallest absolute Gasteiger partial charge is 0.320 e. The molecule has 9 heteroatoms. The highest BCUT2D eigenvalue weighted by molar-refractivity contribution is 7.14. The first-order valence-electron chi connectivity index (χ1n) is 5.41. The van der Waals surface area contributed by atoms with Crippen LogP contribution in [0.15, 0.2) is 11.4 Å². The average Bonchev–Trinajstić information content (AvgIpc) is 2.79. The molecule has 0 aliphatic heterocycles. The molecule has 2 heterocycles. The predicted octanol–water partition coefficient (Wildman–Crippen LogP) is 0.335. The van der Waals surface area contributed by atoms with Crippen molar-refractivity contribution in [1.82, 2.24) is 20.4 Å². The lowest BCUT2D eigenvalue weighted by Crippen LogP contribution is -2.32. The van der Waals surface area contributed by atoms with Crippen molar-refractivity contribution < 1.29 is 9.90 Å². The van der Waals surface area contributed by atoms with Crippen LogP contribution in [0, 0.1) is 6.92 Å². The first kappa shape index (κ1) is 13.3. The molecule has 0 spiro atoms. The van der Waals surface area contributed by atoms with E-state index < -0.39 is 12.0 Å². The summed E-state index contributed by atoms with van der Waals surface area (Å²) >= 11 is 1.41. The van der Waals surface area contributed by atoms with Crippen LogP contribution in [0.3, 0.4) is 0 Å². The Balaban J connectivity index is 2.01. The molecule has 0 aliphatic carbocycles. The second-order valence-electron chi connectivity index (χ2n) is 3.86. The van der Waals surface area contributed by atoms with Gasteiger partial charge < -0.3 is 16.2 Å². The quantitative estimate of drug-likeness (QED) is 0.715. The second-order valence-corrected chi connectivity index (χ2v) is 4.78. The number of nitrogens with two attached hydrogens (primary N) is 1. The number of aliphatic carboxylic acids is 1. The fraction of sp³-hybridized carbons (Fsp3) is 0.300. The van der Waals surface area contributed by atoms with Crippen molar-refractivity contribution in [3.05, 3.63) is 22.8 Å². The van der Waals surface area contributed by atoms with Gasteiger partial charge in [-0.15, -0.1) is 31.7 Å². The molecule has 0 aromatic carbocycles. The van der Waals surface area contributed by atoms with Crippen LogP contribution in [0.25, 0.3) is 0 Å². The maximum absolute atomic E-state index is 10.7. The molecule has 4 N–H and O–H groups in total. The van der Waals surface area contributed by atoms with Crippen LogP contribution < -0.4 is 11.1 Å². The molecule has 0 fully saturated rings. The molecule has 0 saturated heterocycles. The van der Waals surface area contributed by atoms with Gasteiger partial charge in [0.2, 0.25) is 0 Å². The number of thiophene rings is 1. The van der Waals surface area contributed by atoms with Crippen LogP contribution in [0.4, 0.5) is 10.9 Å². The minimum Gasteiger partial charge on any atom is -0.480 e. The van der Waals surface area contributed by atoms with Crippen LogP contribution in [0.1, 0.15) is 11.4 Å². The number of anilines is 2. The Bertz CT molecular complexity index is 570. The molecule has 2 rings (SSSR count). The molecule has 0 bridgehead atoms. The lowest BCUT2D eigenvalue weighted by Gasteiger charge is -2.03. The van der Waals surface area contributed by atoms with Crippen molar-refractivity contribution in [1.29, 1.82) is 0 Å². The van der Waals surface area contributed by atoms with Gasteiger partial charge in [-0.1, -0.05) is 0 Å². The van der Waals surface area contributed by atoms with E-state index in [0.717, 1.165) is 10.6 Å². The summed E-state index contributed by atoms with van der Waals surface area (Å²) in [5.41, 5.74) is 6.31. The van der Waals surface area contributed by atoms with Crippen molar-refractivity contribution in [2.24, 2.45) is 5.73 Å². The molecule has 2 aromatic rings. The summed E-state index contributed by atoms with van der Waals surface area (Å²) in [5, 5.41) is 29.5. The third-order valence-electron chi connectivity index (χ3n) is 2.24. The van der Waals surface area contributed by atoms with Gasteiger partial charge in [-0.05, 0) is 30.4 Å². The summed E-state index contributed by atoms with van der Waals surface area (Å²) in [6.45, 7) is 1.69. The zero-order valence-electron chi connectivity index (χ0n) is 10.1. The molecule has 0 aliphatic rings. The Morgan fingerprint density at radius 1 is 1.47 bits per heavy atom. The number of nitrogens with zero attached hydrogens (tertiary/aromatic N) is 4. The van der Waals surface area contributed by atoms with E-state index in [4.69, 9.17) is 10.8 Å². The molecule has 0 amide bonds. The van der Waals surface area contributed by atoms with Crippen molar-refractivity contribution >= 4 is 28.3 Å². The van der Waals surface area contributed by atoms with Crippen LogP contribution in [-0.4, -0.2) is 37.5 Å². The van der Waals surface area contributed by atoms with Crippen LogP contribution in [-0.2, 0) is 11.2 Å². The predicted molar refractivity (Wildman–Crippen MR) is 69.3 cm³/mol. The van der Waals surface area contributed by atoms with Crippen LogP contribution >= 0.6 is 11.3 Å². The minimum absolute atomic E-state index is 0.277. The van der Waals surface area contributed by atoms with Gasteiger partial charge in [0.15, 0.2) is 5.82 Å². The van der Waals surface area contributed by atoms with Gasteiger partial charge in [0, 0.05) is 0 Å². The standard InChI is InChI=1S/C10H12N6O2S/c1-5-13-15-10(16-14-5)12-8-3-6(4-19-8)2-7(11)9(17)18/h3-4,7H,2,11H2,1H3,(H,17,18)(H,12,15,16)/t7-/m0/s1. The van der Waals surface area contributed by atoms with Crippen molar-refractivity contribution in [3.8, 4) is 0 Å². The van der Waals surface area contributed by atoms with Gasteiger partial charge in [0.1, 0.15) is 6.04 Å². The lowest BCUT2D eigenvalue weighted by atomic mass is 10.1. The molecule has 0 saturated carbocycles. The third-order valence-corrected chi connectivity index (χ3v) is 3.13. The van der Waals surface area contributed by atoms with Gasteiger partial charge in [0.25, 0.3) is 5.95 Å². The van der Waals surface area contributed by atoms with Gasteiger partial charge in [-0.2, -0.15) is 0 Å². The molecule has 2 aromatic heterocycles. The van der Waals surface area contributed by atoms with Crippen molar-refractivity contribution in [3.63, 3.8) is 0 Å². The SMILES string of the molecule is Cc1nnc(Nc2cc(C[C@H](N)C(=O)O)cs2)nn1. The summed E-state index contributed by atoms with van der Waals surface area (Å²) in [6.07, 6.45) is 0.277. The van der Waals surface area contributed by atoms with E-state index in [9.17, 15) is 4.79 Å². The number of hydrogen-bond donors (Lipinski definition) is 3. The molecular formula is C10H12N6O2S. The molecular weight excluding hydrogens is 268 g/mol. The van der Waals surface area contributed by atoms with Gasteiger partial charge >= 0.3 is 5.97 Å². The maximum Gasteiger partial charge on any atom is 0.320 e. The highest BCUT2D eigenvalue weighted by atomic mass is 32.1. The van der Waals surface area contributed by atoms with Crippen LogP contribution in [0.5, 0.6) is 0 Å². The second kappa shape index (κ2) is 5.67. The average molecular weight is 280 g/mol. The Labute approximate surface area is 112 Å². The zero-order valence-corrected chi connectivity index (χ0v) is 10.9. The fourth-order valence-corrected chi connectivity index (χ4v) is 2.14. The van der Waals surface area contributed by atoms with Gasteiger partial charge in [-0.25, -0.2) is 0 Å². The number of carbonyl (C=O) groups is 1. The number of carboxylic acid groups (broad SMARTS) is 1. The number of nitrogens with one attached hydrogen (secondary N) is 1. The monoisotopic (exact) mass is 280 g/mol. The number of hydrogen-bond acceptors (Lipinski definition) is 8. The minimum atomic E-state index is -1.02. The lowest BCUT2D eigenvalue weighted by molar-refractivity contribution is -0.138. The Hall–Kier alpha value is -2.13. The first-order valence-corrected chi connectivity index (χ1v) is 6.29. The Morgan fingerprint density at radius 2 is 2.16 bits per heavy atom. The van der Waals surface area contributed by atoms with Crippen molar-refractivity contribution in [2.45, 2.75) is 19.4 Å². The van der Waals surface area contributed by atoms with E-state index in [0.29, 0.717) is 11.8 Å². The topological polar surface area (TPSA) is 127 Å². The van der Waals surface area contributed by atoms with E-state index in [1.165, 1.54) is 11.3 Å². The number of aromatic nitrogens is 4. The summed E-state index contributed by atoms with van der Waals surface area (Å²) in [5.74, 6) is -0.234. The van der Waals surface area contributed by atoms with E-state index in [2.05, 4.69) is 25.7 Å². The molecule has 100 valence electrons. The molecule has 0 radical (unpaired) electrons. The Kier molecular flexibility index (Phi) is 3.97. The summed E-state index contributed by atoms with van der Waals surface area (Å²) in [4.78, 5) is 10.7. The number of aryl methyl sites for hydroxylation is 1. The Morgan fingerprint density at radius 3 is 2.79 bits per heavy atom. The van der Waals surface area contributed by atoms with E-state index in [1.807, 2.05) is 5.38 Å². The normalized spacial score (nSPS) is 12.1. The third kappa shape index (κ3) is 3.66. The molecule has 1 atom stereocenters. The van der Waals surface area contributed by atoms with Gasteiger partial charge in [-0.3, -0.25) is 4.79 Å². The first-order chi connectivity index (χ1) is 9.04. The molecule has 19 heavy (non-hydrogen) atoms. The van der Waals surface area contributed by atoms with Crippen molar-refractivity contribution in [2.75, 3.05) is 5.32 Å². The summed E-state index contributed by atoms with van der Waals surface area (Å²) in [6, 6.07) is 0.901. The fourth-order valence-electron chi connectivity index (χ4n) is 1.33. The van der Waals surface area contributed by atoms with E-state index >= 15 is 0 Å². The molecule has 8 nitrogen and oxygen atoms in total. The zero-order chi connectivity index (χ0) is 13.8. The van der Waals surface area contributed by atoms with Crippen LogP contribution in [0.2, 0.25) is 0 Å². The maximum atomic E-state index is 10.7. The largest absolute Gasteiger partial charge is 0.480 e. The van der Waals surface area contributed by atoms with E-state index in [1.54, 1.807) is 13.0 Å².